The van der Waals surface area contributed by atoms with Gasteiger partial charge in [-0.25, -0.2) is 0 Å². The molecule has 0 aromatic heterocycles. The van der Waals surface area contributed by atoms with E-state index in [-0.39, 0.29) is 18.6 Å². The second-order valence-corrected chi connectivity index (χ2v) is 6.83. The summed E-state index contributed by atoms with van der Waals surface area (Å²) in [5.74, 6) is 0.687. The van der Waals surface area contributed by atoms with E-state index in [0.717, 1.165) is 65.3 Å². The predicted molar refractivity (Wildman–Crippen MR) is 86.3 cm³/mol. The van der Waals surface area contributed by atoms with Crippen LogP contribution < -0.4 is 0 Å². The Kier molecular flexibility index (Phi) is 6.28. The molecule has 132 valence electrons. The maximum absolute atomic E-state index is 12.4. The molecule has 0 radical (unpaired) electrons. The minimum atomic E-state index is 0.122. The lowest BCUT2D eigenvalue weighted by molar-refractivity contribution is -0.136. The molecule has 6 heteroatoms. The van der Waals surface area contributed by atoms with Crippen molar-refractivity contribution in [1.82, 2.24) is 9.80 Å². The monoisotopic (exact) mass is 326 g/mol. The molecule has 0 spiro atoms. The summed E-state index contributed by atoms with van der Waals surface area (Å²) < 4.78 is 16.6. The van der Waals surface area contributed by atoms with Gasteiger partial charge in [-0.2, -0.15) is 0 Å². The van der Waals surface area contributed by atoms with Crippen LogP contribution in [0.25, 0.3) is 0 Å². The number of carbonyl (C=O) groups excluding carboxylic acids is 1. The number of carbonyl (C=O) groups is 1. The first-order chi connectivity index (χ1) is 11.3. The molecular formula is C17H30N2O4. The Bertz CT molecular complexity index is 381. The quantitative estimate of drug-likeness (QED) is 0.721. The second kappa shape index (κ2) is 8.42. The van der Waals surface area contributed by atoms with E-state index < -0.39 is 0 Å². The maximum Gasteiger partial charge on any atom is 0.248 e. The number of ether oxygens (including phenoxy) is 3. The number of nitrogens with zero attached hydrogens (tertiary/aromatic N) is 2. The Labute approximate surface area is 139 Å². The van der Waals surface area contributed by atoms with Crippen LogP contribution >= 0.6 is 0 Å². The van der Waals surface area contributed by atoms with Gasteiger partial charge in [-0.15, -0.1) is 0 Å². The average Bonchev–Trinajstić information content (AvgIpc) is 3.25. The third-order valence-corrected chi connectivity index (χ3v) is 5.35. The maximum atomic E-state index is 12.4. The highest BCUT2D eigenvalue weighted by atomic mass is 16.5. The number of hydrogen-bond acceptors (Lipinski definition) is 5. The summed E-state index contributed by atoms with van der Waals surface area (Å²) in [7, 11) is 0. The standard InChI is InChI=1S/C17H30N2O4/c1-2-14-10-19(11-16(14)18-5-8-21-9-6-18)17(20)13-22-12-15-4-3-7-23-15/h14-16H,2-13H2,1H3/t14-,15-,16-/m1/s1. The lowest BCUT2D eigenvalue weighted by atomic mass is 9.99. The smallest absolute Gasteiger partial charge is 0.248 e. The van der Waals surface area contributed by atoms with E-state index in [1.54, 1.807) is 0 Å². The summed E-state index contributed by atoms with van der Waals surface area (Å²) in [6.45, 7) is 9.07. The molecule has 3 aliphatic heterocycles. The molecule has 3 fully saturated rings. The first-order valence-corrected chi connectivity index (χ1v) is 9.07. The van der Waals surface area contributed by atoms with E-state index in [2.05, 4.69) is 11.8 Å². The van der Waals surface area contributed by atoms with Crippen molar-refractivity contribution < 1.29 is 19.0 Å². The highest BCUT2D eigenvalue weighted by Gasteiger charge is 2.38. The largest absolute Gasteiger partial charge is 0.379 e. The third kappa shape index (κ3) is 4.44. The van der Waals surface area contributed by atoms with Crippen molar-refractivity contribution in [2.24, 2.45) is 5.92 Å². The van der Waals surface area contributed by atoms with Crippen molar-refractivity contribution >= 4 is 5.91 Å². The number of amides is 1. The molecule has 3 atom stereocenters. The molecule has 3 aliphatic rings. The van der Waals surface area contributed by atoms with Crippen molar-refractivity contribution in [2.45, 2.75) is 38.3 Å². The molecule has 23 heavy (non-hydrogen) atoms. The van der Waals surface area contributed by atoms with Gasteiger partial charge in [-0.3, -0.25) is 9.69 Å². The van der Waals surface area contributed by atoms with E-state index in [9.17, 15) is 4.79 Å². The van der Waals surface area contributed by atoms with Gasteiger partial charge in [0, 0.05) is 38.8 Å². The van der Waals surface area contributed by atoms with Crippen molar-refractivity contribution in [3.63, 3.8) is 0 Å². The minimum absolute atomic E-state index is 0.122. The third-order valence-electron chi connectivity index (χ3n) is 5.35. The van der Waals surface area contributed by atoms with Crippen LogP contribution in [0.4, 0.5) is 0 Å². The van der Waals surface area contributed by atoms with Gasteiger partial charge in [0.25, 0.3) is 0 Å². The molecular weight excluding hydrogens is 296 g/mol. The van der Waals surface area contributed by atoms with Gasteiger partial charge in [0.15, 0.2) is 0 Å². The number of hydrogen-bond donors (Lipinski definition) is 0. The van der Waals surface area contributed by atoms with E-state index in [0.29, 0.717) is 18.6 Å². The Balaban J connectivity index is 1.44. The Hall–Kier alpha value is -0.690. The van der Waals surface area contributed by atoms with Crippen molar-refractivity contribution in [3.05, 3.63) is 0 Å². The Morgan fingerprint density at radius 2 is 2.04 bits per heavy atom. The van der Waals surface area contributed by atoms with E-state index in [4.69, 9.17) is 14.2 Å². The summed E-state index contributed by atoms with van der Waals surface area (Å²) in [5.41, 5.74) is 0. The summed E-state index contributed by atoms with van der Waals surface area (Å²) in [5, 5.41) is 0. The molecule has 1 amide bonds. The first kappa shape index (κ1) is 17.1. The SMILES string of the molecule is CC[C@@H]1CN(C(=O)COC[C@H]2CCCO2)C[C@H]1N1CCOCC1. The molecule has 0 aromatic carbocycles. The van der Waals surface area contributed by atoms with Gasteiger partial charge < -0.3 is 19.1 Å². The van der Waals surface area contributed by atoms with E-state index >= 15 is 0 Å². The minimum Gasteiger partial charge on any atom is -0.379 e. The second-order valence-electron chi connectivity index (χ2n) is 6.83. The van der Waals surface area contributed by atoms with Crippen LogP contribution in [0.5, 0.6) is 0 Å². The van der Waals surface area contributed by atoms with Crippen molar-refractivity contribution in [2.75, 3.05) is 59.2 Å². The number of morpholine rings is 1. The van der Waals surface area contributed by atoms with Crippen LogP contribution in [-0.2, 0) is 19.0 Å². The van der Waals surface area contributed by atoms with Crippen LogP contribution in [0.1, 0.15) is 26.2 Å². The fourth-order valence-electron chi connectivity index (χ4n) is 3.93. The fraction of sp³-hybridized carbons (Fsp3) is 0.941. The highest BCUT2D eigenvalue weighted by molar-refractivity contribution is 5.77. The van der Waals surface area contributed by atoms with Gasteiger partial charge in [-0.1, -0.05) is 13.3 Å². The van der Waals surface area contributed by atoms with Crippen LogP contribution in [0.3, 0.4) is 0 Å². The molecule has 0 bridgehead atoms. The summed E-state index contributed by atoms with van der Waals surface area (Å²) in [6, 6.07) is 0.478. The highest BCUT2D eigenvalue weighted by Crippen LogP contribution is 2.25. The van der Waals surface area contributed by atoms with E-state index in [1.165, 1.54) is 0 Å². The molecule has 0 saturated carbocycles. The molecule has 3 heterocycles. The first-order valence-electron chi connectivity index (χ1n) is 9.07. The molecule has 0 aliphatic carbocycles. The van der Waals surface area contributed by atoms with Gasteiger partial charge in [-0.05, 0) is 18.8 Å². The molecule has 6 nitrogen and oxygen atoms in total. The van der Waals surface area contributed by atoms with Gasteiger partial charge in [0.2, 0.25) is 5.91 Å². The Morgan fingerprint density at radius 1 is 1.22 bits per heavy atom. The lowest BCUT2D eigenvalue weighted by Gasteiger charge is -2.34. The molecule has 3 rings (SSSR count). The van der Waals surface area contributed by atoms with Gasteiger partial charge in [0.05, 0.1) is 25.9 Å². The topological polar surface area (TPSA) is 51.2 Å². The van der Waals surface area contributed by atoms with Crippen molar-refractivity contribution in [1.29, 1.82) is 0 Å². The van der Waals surface area contributed by atoms with Crippen molar-refractivity contribution in [3.8, 4) is 0 Å². The zero-order valence-corrected chi connectivity index (χ0v) is 14.2. The van der Waals surface area contributed by atoms with Gasteiger partial charge >= 0.3 is 0 Å². The van der Waals surface area contributed by atoms with Gasteiger partial charge in [0.1, 0.15) is 6.61 Å². The summed E-state index contributed by atoms with van der Waals surface area (Å²) in [4.78, 5) is 16.9. The number of rotatable bonds is 6. The molecule has 0 N–H and O–H groups in total. The van der Waals surface area contributed by atoms with E-state index in [1.807, 2.05) is 4.90 Å². The summed E-state index contributed by atoms with van der Waals surface area (Å²) >= 11 is 0. The van der Waals surface area contributed by atoms with Crippen LogP contribution in [-0.4, -0.2) is 87.1 Å². The van der Waals surface area contributed by atoms with Crippen LogP contribution in [0.2, 0.25) is 0 Å². The summed E-state index contributed by atoms with van der Waals surface area (Å²) in [6.07, 6.45) is 3.45. The lowest BCUT2D eigenvalue weighted by Crippen LogP contribution is -2.47. The average molecular weight is 326 g/mol. The normalized spacial score (nSPS) is 32.6. The van der Waals surface area contributed by atoms with Crippen LogP contribution in [0.15, 0.2) is 0 Å². The number of likely N-dealkylation sites (tertiary alicyclic amines) is 1. The Morgan fingerprint density at radius 3 is 2.74 bits per heavy atom. The molecule has 0 aromatic rings. The molecule has 3 saturated heterocycles. The predicted octanol–water partition coefficient (Wildman–Crippen LogP) is 0.751. The zero-order valence-electron chi connectivity index (χ0n) is 14.2. The van der Waals surface area contributed by atoms with Crippen LogP contribution in [0, 0.1) is 5.92 Å². The molecule has 0 unspecified atom stereocenters. The zero-order chi connectivity index (χ0) is 16.1. The fourth-order valence-corrected chi connectivity index (χ4v) is 3.93.